The second kappa shape index (κ2) is 9.77. The Bertz CT molecular complexity index is 583. The van der Waals surface area contributed by atoms with Crippen molar-refractivity contribution in [3.63, 3.8) is 0 Å². The van der Waals surface area contributed by atoms with Gasteiger partial charge in [-0.3, -0.25) is 0 Å². The molecule has 1 aromatic rings. The van der Waals surface area contributed by atoms with Gasteiger partial charge in [0.25, 0.3) is 0 Å². The lowest BCUT2D eigenvalue weighted by Crippen LogP contribution is -2.30. The Morgan fingerprint density at radius 1 is 0.679 bits per heavy atom. The number of hydrogen-bond acceptors (Lipinski definition) is 0. The monoisotopic (exact) mass is 384 g/mol. The summed E-state index contributed by atoms with van der Waals surface area (Å²) < 4.78 is 13.2. The molecule has 0 amide bonds. The average Bonchev–Trinajstić information content (AvgIpc) is 2.73. The third-order valence-corrected chi connectivity index (χ3v) is 8.71. The van der Waals surface area contributed by atoms with Crippen LogP contribution in [-0.2, 0) is 0 Å². The fourth-order valence-corrected chi connectivity index (χ4v) is 6.97. The van der Waals surface area contributed by atoms with E-state index in [4.69, 9.17) is 0 Å². The fraction of sp³-hybridized carbons (Fsp3) is 0.778. The van der Waals surface area contributed by atoms with E-state index in [1.54, 1.807) is 12.1 Å². The van der Waals surface area contributed by atoms with E-state index in [9.17, 15) is 4.39 Å². The van der Waals surface area contributed by atoms with Crippen molar-refractivity contribution >= 4 is 0 Å². The first kappa shape index (κ1) is 20.4. The summed E-state index contributed by atoms with van der Waals surface area (Å²) in [7, 11) is 0. The van der Waals surface area contributed by atoms with Gasteiger partial charge in [0.05, 0.1) is 0 Å². The van der Waals surface area contributed by atoms with Crippen LogP contribution in [0.2, 0.25) is 0 Å². The van der Waals surface area contributed by atoms with E-state index in [2.05, 4.69) is 6.92 Å². The Labute approximate surface area is 172 Å². The summed E-state index contributed by atoms with van der Waals surface area (Å²) in [6.07, 6.45) is 20.4. The molecule has 4 atom stereocenters. The average molecular weight is 385 g/mol. The van der Waals surface area contributed by atoms with Crippen molar-refractivity contribution in [1.29, 1.82) is 0 Å². The van der Waals surface area contributed by atoms with Gasteiger partial charge in [-0.05, 0) is 85.3 Å². The summed E-state index contributed by atoms with van der Waals surface area (Å²) in [5.41, 5.74) is 1.38. The summed E-state index contributed by atoms with van der Waals surface area (Å²) in [4.78, 5) is 0. The van der Waals surface area contributed by atoms with E-state index < -0.39 is 0 Å². The van der Waals surface area contributed by atoms with Crippen LogP contribution in [0.1, 0.15) is 108 Å². The van der Waals surface area contributed by atoms with Crippen LogP contribution in [0.25, 0.3) is 0 Å². The van der Waals surface area contributed by atoms with Crippen molar-refractivity contribution < 1.29 is 4.39 Å². The SMILES string of the molecule is CCCC1CCC(CCC2CCC3CC(c4ccc(F)cc4)CCC3C2)CC1. The van der Waals surface area contributed by atoms with Gasteiger partial charge in [0.2, 0.25) is 0 Å². The molecule has 0 aromatic heterocycles. The van der Waals surface area contributed by atoms with Gasteiger partial charge in [-0.15, -0.1) is 0 Å². The molecule has 156 valence electrons. The second-order valence-electron chi connectivity index (χ2n) is 10.5. The maximum Gasteiger partial charge on any atom is 0.123 e. The van der Waals surface area contributed by atoms with Crippen LogP contribution < -0.4 is 0 Å². The number of rotatable bonds is 6. The third-order valence-electron chi connectivity index (χ3n) is 8.71. The maximum atomic E-state index is 13.2. The summed E-state index contributed by atoms with van der Waals surface area (Å²) in [5.74, 6) is 5.60. The van der Waals surface area contributed by atoms with Crippen LogP contribution >= 0.6 is 0 Å². The smallest absolute Gasteiger partial charge is 0.123 e. The van der Waals surface area contributed by atoms with E-state index in [-0.39, 0.29) is 5.82 Å². The molecule has 3 aliphatic rings. The van der Waals surface area contributed by atoms with Crippen molar-refractivity contribution in [1.82, 2.24) is 0 Å². The highest BCUT2D eigenvalue weighted by molar-refractivity contribution is 5.21. The molecular weight excluding hydrogens is 343 g/mol. The van der Waals surface area contributed by atoms with E-state index in [0.29, 0.717) is 5.92 Å². The van der Waals surface area contributed by atoms with Crippen molar-refractivity contribution in [3.05, 3.63) is 35.6 Å². The van der Waals surface area contributed by atoms with Crippen LogP contribution in [0, 0.1) is 35.4 Å². The molecule has 0 heterocycles. The highest BCUT2D eigenvalue weighted by atomic mass is 19.1. The predicted octanol–water partition coefficient (Wildman–Crippen LogP) is 8.51. The topological polar surface area (TPSA) is 0 Å². The summed E-state index contributed by atoms with van der Waals surface area (Å²) >= 11 is 0. The van der Waals surface area contributed by atoms with Gasteiger partial charge in [-0.2, -0.15) is 0 Å². The van der Waals surface area contributed by atoms with Crippen LogP contribution in [0.3, 0.4) is 0 Å². The van der Waals surface area contributed by atoms with Gasteiger partial charge >= 0.3 is 0 Å². The normalized spacial score (nSPS) is 36.1. The largest absolute Gasteiger partial charge is 0.207 e. The van der Waals surface area contributed by atoms with Gasteiger partial charge in [0.15, 0.2) is 0 Å². The standard InChI is InChI=1S/C27H41F/c1-2-3-20-4-6-21(7-5-20)8-9-22-10-11-26-19-25(13-12-24(26)18-22)23-14-16-27(28)17-15-23/h14-17,20-22,24-26H,2-13,18-19H2,1H3. The third kappa shape index (κ3) is 5.19. The van der Waals surface area contributed by atoms with Crippen molar-refractivity contribution in [2.75, 3.05) is 0 Å². The molecule has 3 fully saturated rings. The Balaban J connectivity index is 1.19. The highest BCUT2D eigenvalue weighted by Gasteiger charge is 2.36. The summed E-state index contributed by atoms with van der Waals surface area (Å²) in [5, 5.41) is 0. The molecule has 0 nitrogen and oxygen atoms in total. The lowest BCUT2D eigenvalue weighted by atomic mass is 9.63. The number of fused-ring (bicyclic) bond motifs is 1. The molecule has 0 radical (unpaired) electrons. The molecule has 4 rings (SSSR count). The molecule has 3 saturated carbocycles. The zero-order valence-corrected chi connectivity index (χ0v) is 18.1. The lowest BCUT2D eigenvalue weighted by Gasteiger charge is -2.42. The van der Waals surface area contributed by atoms with Crippen molar-refractivity contribution in [2.24, 2.45) is 29.6 Å². The minimum Gasteiger partial charge on any atom is -0.207 e. The quantitative estimate of drug-likeness (QED) is 0.461. The first-order chi connectivity index (χ1) is 13.7. The number of halogens is 1. The first-order valence-corrected chi connectivity index (χ1v) is 12.5. The minimum absolute atomic E-state index is 0.100. The maximum absolute atomic E-state index is 13.2. The zero-order chi connectivity index (χ0) is 19.3. The fourth-order valence-electron chi connectivity index (χ4n) is 6.97. The number of hydrogen-bond donors (Lipinski definition) is 0. The molecular formula is C27H41F. The van der Waals surface area contributed by atoms with Crippen molar-refractivity contribution in [2.45, 2.75) is 103 Å². The van der Waals surface area contributed by atoms with Crippen LogP contribution in [0.4, 0.5) is 4.39 Å². The summed E-state index contributed by atoms with van der Waals surface area (Å²) in [6.45, 7) is 2.34. The van der Waals surface area contributed by atoms with Gasteiger partial charge in [0, 0.05) is 0 Å². The molecule has 1 aromatic carbocycles. The molecule has 0 N–H and O–H groups in total. The minimum atomic E-state index is -0.100. The highest BCUT2D eigenvalue weighted by Crippen LogP contribution is 2.48. The van der Waals surface area contributed by atoms with E-state index >= 15 is 0 Å². The van der Waals surface area contributed by atoms with Gasteiger partial charge < -0.3 is 0 Å². The predicted molar refractivity (Wildman–Crippen MR) is 117 cm³/mol. The van der Waals surface area contributed by atoms with Gasteiger partial charge in [-0.25, -0.2) is 4.39 Å². The van der Waals surface area contributed by atoms with Crippen LogP contribution in [0.15, 0.2) is 24.3 Å². The second-order valence-corrected chi connectivity index (χ2v) is 10.5. The van der Waals surface area contributed by atoms with E-state index in [0.717, 1.165) is 29.6 Å². The zero-order valence-electron chi connectivity index (χ0n) is 18.1. The number of benzene rings is 1. The van der Waals surface area contributed by atoms with E-state index in [1.165, 1.54) is 95.5 Å². The Hall–Kier alpha value is -0.850. The molecule has 0 spiro atoms. The lowest BCUT2D eigenvalue weighted by molar-refractivity contribution is 0.108. The summed E-state index contributed by atoms with van der Waals surface area (Å²) in [6, 6.07) is 7.35. The van der Waals surface area contributed by atoms with Crippen LogP contribution in [0.5, 0.6) is 0 Å². The molecule has 0 bridgehead atoms. The molecule has 1 heteroatoms. The van der Waals surface area contributed by atoms with E-state index in [1.807, 2.05) is 12.1 Å². The van der Waals surface area contributed by atoms with Gasteiger partial charge in [-0.1, -0.05) is 76.8 Å². The van der Waals surface area contributed by atoms with Crippen LogP contribution in [-0.4, -0.2) is 0 Å². The molecule has 4 unspecified atom stereocenters. The van der Waals surface area contributed by atoms with Crippen molar-refractivity contribution in [3.8, 4) is 0 Å². The first-order valence-electron chi connectivity index (χ1n) is 12.5. The molecule has 0 aliphatic heterocycles. The Kier molecular flexibility index (Phi) is 7.13. The molecule has 3 aliphatic carbocycles. The molecule has 28 heavy (non-hydrogen) atoms. The van der Waals surface area contributed by atoms with Gasteiger partial charge in [0.1, 0.15) is 5.82 Å². The molecule has 0 saturated heterocycles. The Morgan fingerprint density at radius 3 is 1.96 bits per heavy atom. The Morgan fingerprint density at radius 2 is 1.25 bits per heavy atom.